The van der Waals surface area contributed by atoms with Crippen LogP contribution in [-0.2, 0) is 15.3 Å². The van der Waals surface area contributed by atoms with Crippen molar-refractivity contribution in [2.24, 2.45) is 0 Å². The summed E-state index contributed by atoms with van der Waals surface area (Å²) in [5.74, 6) is 0.0745. The van der Waals surface area contributed by atoms with E-state index in [-0.39, 0.29) is 11.9 Å². The number of nitrogens with one attached hydrogen (secondary N) is 1. The third-order valence-electron chi connectivity index (χ3n) is 4.87. The Morgan fingerprint density at radius 2 is 2.07 bits per heavy atom. The van der Waals surface area contributed by atoms with E-state index in [0.29, 0.717) is 17.2 Å². The van der Waals surface area contributed by atoms with Gasteiger partial charge in [0.15, 0.2) is 0 Å². The fraction of sp³-hybridized carbons (Fsp3) is 0.286. The first kappa shape index (κ1) is 20.4. The average molecular weight is 406 g/mol. The van der Waals surface area contributed by atoms with E-state index in [1.54, 1.807) is 24.3 Å². The molecule has 0 amide bonds. The summed E-state index contributed by atoms with van der Waals surface area (Å²) in [6.07, 6.45) is 2.78. The van der Waals surface area contributed by atoms with Crippen molar-refractivity contribution in [2.75, 3.05) is 13.7 Å². The predicted molar refractivity (Wildman–Crippen MR) is 113 cm³/mol. The molecular formula is C21H27NO5S. The molecule has 1 heterocycles. The summed E-state index contributed by atoms with van der Waals surface area (Å²) < 4.78 is 36.7. The van der Waals surface area contributed by atoms with Gasteiger partial charge < -0.3 is 18.6 Å². The van der Waals surface area contributed by atoms with Crippen molar-refractivity contribution in [2.45, 2.75) is 30.6 Å². The largest absolute Gasteiger partial charge is 0.487 e. The Labute approximate surface area is 165 Å². The van der Waals surface area contributed by atoms with Crippen molar-refractivity contribution < 1.29 is 23.4 Å². The molecular weight excluding hydrogens is 378 g/mol. The Hall–Kier alpha value is -2.32. The number of benzene rings is 2. The average Bonchev–Trinajstić information content (AvgIpc) is 2.77. The Morgan fingerprint density at radius 1 is 1.32 bits per heavy atom. The minimum absolute atomic E-state index is 0.0322. The van der Waals surface area contributed by atoms with E-state index < -0.39 is 15.9 Å². The number of methoxy groups -OCH3 is 1. The third-order valence-corrected chi connectivity index (χ3v) is 8.04. The summed E-state index contributed by atoms with van der Waals surface area (Å²) >= 11 is 0. The maximum absolute atomic E-state index is 11.6. The highest BCUT2D eigenvalue weighted by Gasteiger charge is 2.37. The topological polar surface area (TPSA) is 88.0 Å². The molecule has 2 aromatic rings. The highest BCUT2D eigenvalue weighted by atomic mass is 32.3. The lowest BCUT2D eigenvalue weighted by Gasteiger charge is -2.59. The Bertz CT molecular complexity index is 925. The number of aryl methyl sites for hydroxylation is 1. The van der Waals surface area contributed by atoms with Crippen LogP contribution in [0.1, 0.15) is 23.6 Å². The number of ether oxygens (including phenoxy) is 2. The maximum Gasteiger partial charge on any atom is 0.330 e. The van der Waals surface area contributed by atoms with Crippen molar-refractivity contribution >= 4 is 22.0 Å². The molecule has 28 heavy (non-hydrogen) atoms. The number of esters is 1. The van der Waals surface area contributed by atoms with E-state index in [0.717, 1.165) is 16.7 Å². The highest BCUT2D eigenvalue weighted by molar-refractivity contribution is 8.38. The molecule has 3 N–H and O–H groups in total. The number of hydrogen-bond acceptors (Lipinski definition) is 6. The molecule has 0 spiro atoms. The van der Waals surface area contributed by atoms with Gasteiger partial charge in [0.2, 0.25) is 0 Å². The fourth-order valence-electron chi connectivity index (χ4n) is 3.27. The second-order valence-corrected chi connectivity index (χ2v) is 10.7. The molecule has 152 valence electrons. The van der Waals surface area contributed by atoms with Crippen molar-refractivity contribution in [3.8, 4) is 5.75 Å². The van der Waals surface area contributed by atoms with Gasteiger partial charge in [-0.1, -0.05) is 24.3 Å². The number of para-hydroxylation sites is 1. The molecule has 0 aliphatic carbocycles. The number of hydrogen-bond donors (Lipinski definition) is 4. The van der Waals surface area contributed by atoms with Crippen LogP contribution < -0.4 is 9.46 Å². The van der Waals surface area contributed by atoms with Gasteiger partial charge in [0, 0.05) is 18.4 Å². The number of carbonyl (C=O) groups is 1. The second kappa shape index (κ2) is 7.60. The normalized spacial score (nSPS) is 21.6. The molecule has 0 bridgehead atoms. The lowest BCUT2D eigenvalue weighted by atomic mass is 10.1. The fourth-order valence-corrected chi connectivity index (χ4v) is 6.34. The number of rotatable bonds is 4. The SMILES string of the molecule is COC(=O)C=Cc1ccc(C)c(C[SH]2(O)(O)NCC(C)Oc3ccccc32)c1. The molecule has 2 aromatic carbocycles. The third kappa shape index (κ3) is 4.23. The lowest BCUT2D eigenvalue weighted by Crippen LogP contribution is -2.37. The van der Waals surface area contributed by atoms with Crippen LogP contribution in [0.3, 0.4) is 0 Å². The molecule has 0 radical (unpaired) electrons. The van der Waals surface area contributed by atoms with Crippen LogP contribution >= 0.6 is 9.91 Å². The van der Waals surface area contributed by atoms with Gasteiger partial charge in [0.25, 0.3) is 0 Å². The number of carbonyl (C=O) groups excluding carboxylic acids is 1. The Kier molecular flexibility index (Phi) is 5.54. The molecule has 1 aliphatic rings. The Balaban J connectivity index is 2.02. The Morgan fingerprint density at radius 3 is 2.82 bits per heavy atom. The predicted octanol–water partition coefficient (Wildman–Crippen LogP) is 4.04. The first-order valence-electron chi connectivity index (χ1n) is 9.09. The van der Waals surface area contributed by atoms with Gasteiger partial charge in [-0.05, 0) is 54.8 Å². The summed E-state index contributed by atoms with van der Waals surface area (Å²) in [6, 6.07) is 12.7. The van der Waals surface area contributed by atoms with Gasteiger partial charge in [-0.15, -0.1) is 0 Å². The molecule has 3 rings (SSSR count). The van der Waals surface area contributed by atoms with Gasteiger partial charge in [0.1, 0.15) is 11.9 Å². The quantitative estimate of drug-likeness (QED) is 0.349. The van der Waals surface area contributed by atoms with Gasteiger partial charge in [-0.25, -0.2) is 19.4 Å². The smallest absolute Gasteiger partial charge is 0.330 e. The number of fused-ring (bicyclic) bond motifs is 1. The summed E-state index contributed by atoms with van der Waals surface area (Å²) in [7, 11) is -3.16. The second-order valence-electron chi connectivity index (χ2n) is 7.16. The molecule has 1 unspecified atom stereocenters. The lowest BCUT2D eigenvalue weighted by molar-refractivity contribution is -0.134. The first-order chi connectivity index (χ1) is 13.2. The minimum atomic E-state index is -4.48. The van der Waals surface area contributed by atoms with Gasteiger partial charge in [0.05, 0.1) is 12.0 Å². The number of thiol groups is 1. The summed E-state index contributed by atoms with van der Waals surface area (Å²) in [5, 5.41) is 0. The zero-order valence-corrected chi connectivity index (χ0v) is 17.1. The van der Waals surface area contributed by atoms with Crippen LogP contribution in [0.15, 0.2) is 53.4 Å². The molecule has 0 saturated heterocycles. The van der Waals surface area contributed by atoms with Gasteiger partial charge in [-0.3, -0.25) is 0 Å². The highest BCUT2D eigenvalue weighted by Crippen LogP contribution is 2.70. The summed E-state index contributed by atoms with van der Waals surface area (Å²) in [6.45, 7) is 4.13. The summed E-state index contributed by atoms with van der Waals surface area (Å²) in [4.78, 5) is 11.8. The van der Waals surface area contributed by atoms with Gasteiger partial charge >= 0.3 is 5.97 Å². The zero-order valence-electron chi connectivity index (χ0n) is 16.3. The first-order valence-corrected chi connectivity index (χ1v) is 11.4. The van der Waals surface area contributed by atoms with E-state index in [9.17, 15) is 13.9 Å². The van der Waals surface area contributed by atoms with E-state index in [2.05, 4.69) is 9.46 Å². The molecule has 0 fully saturated rings. The van der Waals surface area contributed by atoms with Crippen molar-refractivity contribution in [1.29, 1.82) is 0 Å². The van der Waals surface area contributed by atoms with E-state index in [4.69, 9.17) is 4.74 Å². The molecule has 1 aliphatic heterocycles. The molecule has 6 nitrogen and oxygen atoms in total. The molecule has 0 aromatic heterocycles. The van der Waals surface area contributed by atoms with Crippen LogP contribution in [0, 0.1) is 6.92 Å². The monoisotopic (exact) mass is 405 g/mol. The van der Waals surface area contributed by atoms with Crippen LogP contribution in [0.5, 0.6) is 5.75 Å². The van der Waals surface area contributed by atoms with Crippen LogP contribution in [0.2, 0.25) is 0 Å². The van der Waals surface area contributed by atoms with Crippen molar-refractivity contribution in [3.05, 3.63) is 65.2 Å². The molecule has 1 atom stereocenters. The standard InChI is InChI=1S/C21H27NO5S/c1-15-8-9-17(10-11-21(23)26-3)12-18(15)14-28(24,25)20-7-5-4-6-19(20)27-16(2)13-22-28/h4-12,16,22,24-25,28H,13-14H2,1-3H3. The minimum Gasteiger partial charge on any atom is -0.487 e. The van der Waals surface area contributed by atoms with Crippen LogP contribution in [0.4, 0.5) is 0 Å². The van der Waals surface area contributed by atoms with Gasteiger partial charge in [-0.2, -0.15) is 0 Å². The maximum atomic E-state index is 11.6. The molecule has 7 heteroatoms. The van der Waals surface area contributed by atoms with Crippen molar-refractivity contribution in [1.82, 2.24) is 4.72 Å². The molecule has 0 saturated carbocycles. The zero-order chi connectivity index (χ0) is 20.4. The van der Waals surface area contributed by atoms with E-state index in [1.165, 1.54) is 13.2 Å². The van der Waals surface area contributed by atoms with E-state index in [1.807, 2.05) is 38.1 Å². The van der Waals surface area contributed by atoms with Crippen LogP contribution in [0.25, 0.3) is 6.08 Å². The van der Waals surface area contributed by atoms with Crippen LogP contribution in [-0.4, -0.2) is 34.8 Å². The van der Waals surface area contributed by atoms with E-state index >= 15 is 0 Å². The summed E-state index contributed by atoms with van der Waals surface area (Å²) in [5.41, 5.74) is 2.49. The van der Waals surface area contributed by atoms with Crippen molar-refractivity contribution in [3.63, 3.8) is 0 Å².